The van der Waals surface area contributed by atoms with Crippen molar-refractivity contribution in [3.8, 4) is 21.1 Å². The van der Waals surface area contributed by atoms with Crippen molar-refractivity contribution in [2.24, 2.45) is 0 Å². The summed E-state index contributed by atoms with van der Waals surface area (Å²) >= 11 is 14.1. The van der Waals surface area contributed by atoms with Gasteiger partial charge in [-0.05, 0) is 97.1 Å². The SMILES string of the molecule is Brc1ccc2nc3ccc(Br)cc3[s+]c2c1.C.C.C.C.C.CN(C)c1ccc2nc3ccc(=[N+](C)C)cc-3sc2c1.CN(C)c1ccc2nc3ccc(=[N+](C)C)cc-3sc2c1.[Br-].[Br-].[Cl-].c1ccc2c(c1)Nc1ccccc1S2. The maximum Gasteiger partial charge on any atom is 0.258 e. The molecule has 78 heavy (non-hydrogen) atoms. The number of rotatable bonds is 2. The molecule has 8 nitrogen and oxygen atoms in total. The average molecular weight is 1400 g/mol. The summed E-state index contributed by atoms with van der Waals surface area (Å²) < 4.78 is 11.2. The number of anilines is 4. The topological polar surface area (TPSA) is 63.2 Å². The molecule has 0 amide bonds. The Labute approximate surface area is 523 Å². The van der Waals surface area contributed by atoms with E-state index in [4.69, 9.17) is 9.97 Å². The van der Waals surface area contributed by atoms with Gasteiger partial charge in [0.05, 0.1) is 53.0 Å². The molecule has 1 N–H and O–H groups in total. The number of fused-ring (bicyclic) bond motifs is 8. The highest BCUT2D eigenvalue weighted by Gasteiger charge is 2.16. The van der Waals surface area contributed by atoms with Crippen LogP contribution in [-0.4, -0.2) is 71.3 Å². The Hall–Kier alpha value is -4.62. The van der Waals surface area contributed by atoms with Crippen LogP contribution < -0.4 is 81.4 Å². The number of para-hydroxylation sites is 2. The van der Waals surface area contributed by atoms with Gasteiger partial charge < -0.3 is 61.5 Å². The van der Waals surface area contributed by atoms with Gasteiger partial charge in [-0.25, -0.2) is 24.1 Å². The molecule has 0 radical (unpaired) electrons. The fraction of sp³-hybridized carbons (Fsp3) is 0.213. The number of aromatic nitrogens is 3. The molecule has 0 atom stereocenters. The summed E-state index contributed by atoms with van der Waals surface area (Å²) in [6.07, 6.45) is 0. The molecule has 0 spiro atoms. The van der Waals surface area contributed by atoms with Crippen molar-refractivity contribution in [3.05, 3.63) is 177 Å². The summed E-state index contributed by atoms with van der Waals surface area (Å²) in [5.74, 6) is 0. The zero-order chi connectivity index (χ0) is 49.1. The molecule has 0 saturated heterocycles. The molecule has 3 aliphatic heterocycles. The number of hydrogen-bond donors (Lipinski definition) is 1. The highest BCUT2D eigenvalue weighted by molar-refractivity contribution is 9.10. The Kier molecular flexibility index (Phi) is 29.3. The second-order valence-corrected chi connectivity index (χ2v) is 23.4. The molecule has 1 aromatic heterocycles. The molecule has 0 saturated carbocycles. The molecule has 0 unspecified atom stereocenters. The van der Waals surface area contributed by atoms with Crippen LogP contribution in [0.4, 0.5) is 22.7 Å². The molecule has 17 heteroatoms. The van der Waals surface area contributed by atoms with Gasteiger partial charge in [0.15, 0.2) is 0 Å². The van der Waals surface area contributed by atoms with Crippen LogP contribution in [0.25, 0.3) is 62.0 Å². The van der Waals surface area contributed by atoms with E-state index >= 15 is 0 Å². The van der Waals surface area contributed by atoms with Gasteiger partial charge in [-0.2, -0.15) is 0 Å². The standard InChI is InChI=1S/2C16H18N3S.C12H6Br2NS.C12H9NS.5CH4.2BrH.ClH/c2*1-18(2)11-5-7-13-15(9-11)20-16-10-12(19(3)4)6-8-14(16)17-13;13-7-1-3-9-11(5-7)16-12-6-8(14)2-4-10(12)15-9;1-3-7-11-9(5-1)13-10-6-2-4-8-12(10)14-11;;;;;;;;/h2*5-10H,1-4H3;1-6H;1-8,13H;5*1H4;3*1H/q3*+1;;;;;;;;;/p-3. The van der Waals surface area contributed by atoms with E-state index in [2.05, 4.69) is 251 Å². The third-order valence-electron chi connectivity index (χ3n) is 11.3. The van der Waals surface area contributed by atoms with E-state index in [9.17, 15) is 0 Å². The summed E-state index contributed by atoms with van der Waals surface area (Å²) in [7, 11) is 16.5. The predicted molar refractivity (Wildman–Crippen MR) is 346 cm³/mol. The minimum Gasteiger partial charge on any atom is -1.00 e. The predicted octanol–water partition coefficient (Wildman–Crippen LogP) is 8.34. The lowest BCUT2D eigenvalue weighted by atomic mass is 10.2. The molecule has 12 rings (SSSR count). The first kappa shape index (κ1) is 71.4. The minimum absolute atomic E-state index is 0. The molecule has 5 aliphatic rings. The molecule has 414 valence electrons. The van der Waals surface area contributed by atoms with Crippen LogP contribution in [0.2, 0.25) is 0 Å². The zero-order valence-electron chi connectivity index (χ0n) is 41.2. The number of halogens is 5. The van der Waals surface area contributed by atoms with E-state index in [1.165, 1.54) is 71.8 Å². The lowest BCUT2D eigenvalue weighted by molar-refractivity contribution is -0.00100. The molecular formula is C61H71Br4ClN8S4. The van der Waals surface area contributed by atoms with Crippen molar-refractivity contribution in [2.75, 3.05) is 71.5 Å². The van der Waals surface area contributed by atoms with Gasteiger partial charge in [-0.3, -0.25) is 0 Å². The van der Waals surface area contributed by atoms with Crippen LogP contribution in [0.3, 0.4) is 0 Å². The molecule has 7 aromatic rings. The third-order valence-corrected chi connectivity index (χ3v) is 16.7. The summed E-state index contributed by atoms with van der Waals surface area (Å²) in [5, 5.41) is 5.83. The van der Waals surface area contributed by atoms with Gasteiger partial charge in [-0.1, -0.05) is 105 Å². The van der Waals surface area contributed by atoms with Crippen molar-refractivity contribution in [3.63, 3.8) is 0 Å². The van der Waals surface area contributed by atoms with Crippen LogP contribution in [-0.2, 0) is 0 Å². The number of hydrogen-bond acceptors (Lipinski definition) is 9. The summed E-state index contributed by atoms with van der Waals surface area (Å²) in [5.41, 5.74) is 11.2. The van der Waals surface area contributed by atoms with E-state index in [-0.39, 0.29) is 83.5 Å². The first-order valence-corrected chi connectivity index (χ1v) is 27.3. The Balaban J connectivity index is 0.000000507. The smallest absolute Gasteiger partial charge is 0.258 e. The number of benzene rings is 8. The van der Waals surface area contributed by atoms with Crippen LogP contribution in [0.5, 0.6) is 0 Å². The van der Waals surface area contributed by atoms with E-state index in [1.807, 2.05) is 36.0 Å². The van der Waals surface area contributed by atoms with Gasteiger partial charge in [0.25, 0.3) is 9.40 Å². The Morgan fingerprint density at radius 2 is 0.846 bits per heavy atom. The van der Waals surface area contributed by atoms with Crippen molar-refractivity contribution in [1.82, 2.24) is 24.1 Å². The molecule has 4 heterocycles. The summed E-state index contributed by atoms with van der Waals surface area (Å²) in [6.45, 7) is 0. The number of nitrogens with one attached hydrogen (secondary N) is 1. The van der Waals surface area contributed by atoms with Gasteiger partial charge in [0.2, 0.25) is 22.1 Å². The first-order chi connectivity index (χ1) is 33.7. The third kappa shape index (κ3) is 17.2. The van der Waals surface area contributed by atoms with Gasteiger partial charge in [0, 0.05) is 94.7 Å². The Morgan fingerprint density at radius 3 is 1.23 bits per heavy atom. The normalized spacial score (nSPS) is 10.2. The van der Waals surface area contributed by atoms with Crippen LogP contribution >= 0.6 is 77.6 Å². The number of nitrogens with zero attached hydrogens (tertiary/aromatic N) is 7. The van der Waals surface area contributed by atoms with E-state index in [1.54, 1.807) is 34.0 Å². The van der Waals surface area contributed by atoms with Crippen molar-refractivity contribution >= 4 is 141 Å². The van der Waals surface area contributed by atoms with Crippen molar-refractivity contribution < 1.29 is 46.4 Å². The lowest BCUT2D eigenvalue weighted by Gasteiger charge is -2.19. The van der Waals surface area contributed by atoms with E-state index in [0.29, 0.717) is 0 Å². The van der Waals surface area contributed by atoms with Gasteiger partial charge in [-0.15, -0.1) is 22.7 Å². The largest absolute Gasteiger partial charge is 1.00 e. The highest BCUT2D eigenvalue weighted by Crippen LogP contribution is 2.43. The Morgan fingerprint density at radius 1 is 0.462 bits per heavy atom. The highest BCUT2D eigenvalue weighted by atomic mass is 79.9. The first-order valence-electron chi connectivity index (χ1n) is 22.4. The maximum atomic E-state index is 4.75. The monoisotopic (exact) mass is 1390 g/mol. The molecular weight excluding hydrogens is 1330 g/mol. The average Bonchev–Trinajstić information content (AvgIpc) is 3.36. The summed E-state index contributed by atoms with van der Waals surface area (Å²) in [6, 6.07) is 54.7. The van der Waals surface area contributed by atoms with Crippen LogP contribution in [0, 0.1) is 0 Å². The molecule has 0 bridgehead atoms. The lowest BCUT2D eigenvalue weighted by Crippen LogP contribution is -3.00. The quantitative estimate of drug-likeness (QED) is 0.106. The molecule has 6 aromatic carbocycles. The molecule has 2 aliphatic carbocycles. The Bertz CT molecular complexity index is 3520. The van der Waals surface area contributed by atoms with Crippen molar-refractivity contribution in [1.29, 1.82) is 0 Å². The van der Waals surface area contributed by atoms with Crippen LogP contribution in [0.15, 0.2) is 176 Å². The second-order valence-electron chi connectivity index (χ2n) is 17.3. The molecule has 0 fully saturated rings. The van der Waals surface area contributed by atoms with Crippen molar-refractivity contribution in [2.45, 2.75) is 46.9 Å². The maximum absolute atomic E-state index is 4.75. The van der Waals surface area contributed by atoms with Gasteiger partial charge >= 0.3 is 0 Å². The van der Waals surface area contributed by atoms with E-state index in [0.717, 1.165) is 42.4 Å². The fourth-order valence-electron chi connectivity index (χ4n) is 7.47. The minimum atomic E-state index is 0. The summed E-state index contributed by atoms with van der Waals surface area (Å²) in [4.78, 5) is 23.4. The van der Waals surface area contributed by atoms with E-state index < -0.39 is 0 Å². The second kappa shape index (κ2) is 32.0. The zero-order valence-corrected chi connectivity index (χ0v) is 51.5. The van der Waals surface area contributed by atoms with Gasteiger partial charge in [0.1, 0.15) is 39.2 Å². The fourth-order valence-corrected chi connectivity index (χ4v) is 12.6. The van der Waals surface area contributed by atoms with Crippen LogP contribution in [0.1, 0.15) is 37.1 Å².